The Balaban J connectivity index is 1.55. The Labute approximate surface area is 167 Å². The molecular formula is C22H20FN5O. The summed E-state index contributed by atoms with van der Waals surface area (Å²) in [5.41, 5.74) is 2.57. The van der Waals surface area contributed by atoms with E-state index in [4.69, 9.17) is 4.74 Å². The van der Waals surface area contributed by atoms with Crippen LogP contribution < -0.4 is 10.1 Å². The van der Waals surface area contributed by atoms with Crippen LogP contribution in [0.3, 0.4) is 0 Å². The molecule has 1 atom stereocenters. The average Bonchev–Trinajstić information content (AvgIpc) is 3.22. The normalized spacial score (nSPS) is 15.9. The van der Waals surface area contributed by atoms with E-state index in [1.165, 1.54) is 12.1 Å². The predicted octanol–water partition coefficient (Wildman–Crippen LogP) is 4.07. The first kappa shape index (κ1) is 17.6. The molecule has 2 aromatic heterocycles. The van der Waals surface area contributed by atoms with Crippen molar-refractivity contribution in [3.63, 3.8) is 0 Å². The Hall–Kier alpha value is -3.48. The molecule has 0 unspecified atom stereocenters. The van der Waals surface area contributed by atoms with Gasteiger partial charge in [0.15, 0.2) is 0 Å². The molecule has 146 valence electrons. The lowest BCUT2D eigenvalue weighted by Gasteiger charge is -2.25. The van der Waals surface area contributed by atoms with E-state index in [1.54, 1.807) is 25.6 Å². The number of halogens is 1. The monoisotopic (exact) mass is 389 g/mol. The number of ether oxygens (including phenoxy) is 1. The lowest BCUT2D eigenvalue weighted by atomic mass is 10.0. The van der Waals surface area contributed by atoms with E-state index in [2.05, 4.69) is 24.8 Å². The van der Waals surface area contributed by atoms with Crippen molar-refractivity contribution in [3.05, 3.63) is 66.8 Å². The third kappa shape index (κ3) is 3.29. The van der Waals surface area contributed by atoms with Gasteiger partial charge in [0.05, 0.1) is 7.11 Å². The maximum absolute atomic E-state index is 13.3. The number of hydrogen-bond donors (Lipinski definition) is 1. The zero-order chi connectivity index (χ0) is 19.8. The summed E-state index contributed by atoms with van der Waals surface area (Å²) in [5, 5.41) is 4.46. The van der Waals surface area contributed by atoms with Crippen molar-refractivity contribution in [3.8, 4) is 16.9 Å². The van der Waals surface area contributed by atoms with E-state index in [1.807, 2.05) is 24.5 Å². The van der Waals surface area contributed by atoms with E-state index in [0.29, 0.717) is 5.75 Å². The molecule has 7 heteroatoms. The summed E-state index contributed by atoms with van der Waals surface area (Å²) in [6.07, 6.45) is 7.32. The maximum Gasteiger partial charge on any atom is 0.145 e. The van der Waals surface area contributed by atoms with Gasteiger partial charge in [0, 0.05) is 36.8 Å². The number of aryl methyl sites for hydroxylation is 1. The molecular weight excluding hydrogens is 369 g/mol. The van der Waals surface area contributed by atoms with Gasteiger partial charge < -0.3 is 14.6 Å². The van der Waals surface area contributed by atoms with Crippen LogP contribution in [0.1, 0.15) is 12.2 Å². The molecule has 29 heavy (non-hydrogen) atoms. The lowest BCUT2D eigenvalue weighted by Crippen LogP contribution is -2.31. The van der Waals surface area contributed by atoms with Crippen molar-refractivity contribution in [2.75, 3.05) is 12.4 Å². The number of nitrogens with zero attached hydrogens (tertiary/aromatic N) is 4. The van der Waals surface area contributed by atoms with Crippen molar-refractivity contribution >= 4 is 16.7 Å². The first-order chi connectivity index (χ1) is 14.2. The van der Waals surface area contributed by atoms with Gasteiger partial charge >= 0.3 is 0 Å². The smallest absolute Gasteiger partial charge is 0.145 e. The van der Waals surface area contributed by atoms with Gasteiger partial charge in [0.25, 0.3) is 0 Å². The van der Waals surface area contributed by atoms with Gasteiger partial charge in [-0.05, 0) is 41.8 Å². The summed E-state index contributed by atoms with van der Waals surface area (Å²) < 4.78 is 21.1. The molecule has 2 aromatic carbocycles. The van der Waals surface area contributed by atoms with Crippen molar-refractivity contribution in [2.45, 2.75) is 25.4 Å². The highest BCUT2D eigenvalue weighted by Crippen LogP contribution is 2.34. The van der Waals surface area contributed by atoms with Crippen LogP contribution in [0.2, 0.25) is 0 Å². The topological polar surface area (TPSA) is 64.9 Å². The predicted molar refractivity (Wildman–Crippen MR) is 109 cm³/mol. The van der Waals surface area contributed by atoms with Crippen LogP contribution in [0.25, 0.3) is 22.0 Å². The van der Waals surface area contributed by atoms with Gasteiger partial charge in [0.2, 0.25) is 0 Å². The van der Waals surface area contributed by atoms with Gasteiger partial charge in [-0.3, -0.25) is 0 Å². The number of methoxy groups -OCH3 is 1. The van der Waals surface area contributed by atoms with Gasteiger partial charge in [0.1, 0.15) is 35.1 Å². The van der Waals surface area contributed by atoms with Crippen LogP contribution >= 0.6 is 0 Å². The summed E-state index contributed by atoms with van der Waals surface area (Å²) >= 11 is 0. The minimum atomic E-state index is -0.261. The van der Waals surface area contributed by atoms with Gasteiger partial charge in [-0.25, -0.2) is 19.3 Å². The number of benzene rings is 2. The minimum absolute atomic E-state index is 0.246. The molecule has 0 amide bonds. The fourth-order valence-corrected chi connectivity index (χ4v) is 3.89. The van der Waals surface area contributed by atoms with Crippen LogP contribution in [-0.4, -0.2) is 32.7 Å². The summed E-state index contributed by atoms with van der Waals surface area (Å²) in [4.78, 5) is 13.3. The number of hydrogen-bond acceptors (Lipinski definition) is 5. The molecule has 3 heterocycles. The number of aromatic nitrogens is 4. The molecule has 0 radical (unpaired) electrons. The van der Waals surface area contributed by atoms with Crippen LogP contribution in [0.4, 0.5) is 10.2 Å². The molecule has 0 fully saturated rings. The van der Waals surface area contributed by atoms with Crippen LogP contribution in [0.5, 0.6) is 5.75 Å². The van der Waals surface area contributed by atoms with Crippen LogP contribution in [0, 0.1) is 5.82 Å². The Kier molecular flexibility index (Phi) is 4.35. The molecule has 0 saturated heterocycles. The Morgan fingerprint density at radius 2 is 1.97 bits per heavy atom. The number of anilines is 1. The maximum atomic E-state index is 13.3. The summed E-state index contributed by atoms with van der Waals surface area (Å²) in [7, 11) is 1.63. The second kappa shape index (κ2) is 7.16. The number of rotatable bonds is 4. The largest absolute Gasteiger partial charge is 0.494 e. The first-order valence-corrected chi connectivity index (χ1v) is 9.56. The summed E-state index contributed by atoms with van der Waals surface area (Å²) in [5.74, 6) is 2.29. The fraction of sp³-hybridized carbons (Fsp3) is 0.227. The van der Waals surface area contributed by atoms with Crippen LogP contribution in [0.15, 0.2) is 55.1 Å². The first-order valence-electron chi connectivity index (χ1n) is 9.56. The molecule has 1 N–H and O–H groups in total. The molecule has 5 rings (SSSR count). The van der Waals surface area contributed by atoms with E-state index in [-0.39, 0.29) is 11.9 Å². The number of fused-ring (bicyclic) bond motifs is 2. The molecule has 1 aliphatic rings. The van der Waals surface area contributed by atoms with E-state index in [0.717, 1.165) is 53.1 Å². The summed E-state index contributed by atoms with van der Waals surface area (Å²) in [6.45, 7) is 0.843. The molecule has 0 bridgehead atoms. The van der Waals surface area contributed by atoms with Crippen molar-refractivity contribution in [1.82, 2.24) is 19.5 Å². The van der Waals surface area contributed by atoms with Gasteiger partial charge in [-0.15, -0.1) is 0 Å². The highest BCUT2D eigenvalue weighted by molar-refractivity contribution is 5.96. The zero-order valence-electron chi connectivity index (χ0n) is 16.0. The Morgan fingerprint density at radius 1 is 1.10 bits per heavy atom. The lowest BCUT2D eigenvalue weighted by molar-refractivity contribution is 0.419. The third-order valence-electron chi connectivity index (χ3n) is 5.38. The fourth-order valence-electron chi connectivity index (χ4n) is 3.89. The highest BCUT2D eigenvalue weighted by atomic mass is 19.1. The van der Waals surface area contributed by atoms with E-state index < -0.39 is 0 Å². The number of imidazole rings is 1. The second-order valence-corrected chi connectivity index (χ2v) is 7.18. The molecule has 0 aliphatic carbocycles. The summed E-state index contributed by atoms with van der Waals surface area (Å²) in [6, 6.07) is 10.6. The average molecular weight is 389 g/mol. The Morgan fingerprint density at radius 3 is 2.79 bits per heavy atom. The Bertz CT molecular complexity index is 1170. The van der Waals surface area contributed by atoms with Gasteiger partial charge in [-0.1, -0.05) is 12.1 Å². The zero-order valence-corrected chi connectivity index (χ0v) is 16.0. The molecule has 6 nitrogen and oxygen atoms in total. The third-order valence-corrected chi connectivity index (χ3v) is 5.38. The highest BCUT2D eigenvalue weighted by Gasteiger charge is 2.20. The molecule has 0 saturated carbocycles. The second-order valence-electron chi connectivity index (χ2n) is 7.18. The van der Waals surface area contributed by atoms with Crippen LogP contribution in [-0.2, 0) is 13.0 Å². The van der Waals surface area contributed by atoms with Crippen molar-refractivity contribution in [2.24, 2.45) is 0 Å². The quantitative estimate of drug-likeness (QED) is 0.570. The molecule has 4 aromatic rings. The van der Waals surface area contributed by atoms with Crippen molar-refractivity contribution in [1.29, 1.82) is 0 Å². The van der Waals surface area contributed by atoms with Crippen molar-refractivity contribution < 1.29 is 9.13 Å². The van der Waals surface area contributed by atoms with Gasteiger partial charge in [-0.2, -0.15) is 0 Å². The SMILES string of the molecule is COc1cc(-c2ccc(F)cc2)cc2c(N[C@H]3CCc4nccn4C3)ncnc12. The minimum Gasteiger partial charge on any atom is -0.494 e. The molecule has 0 spiro atoms. The standard InChI is InChI=1S/C22H20FN5O/c1-29-19-11-15(14-2-4-16(23)5-3-14)10-18-21(19)25-13-26-22(18)27-17-6-7-20-24-8-9-28(20)12-17/h2-5,8-11,13,17H,6-7,12H2,1H3,(H,25,26,27)/t17-/m0/s1. The van der Waals surface area contributed by atoms with E-state index >= 15 is 0 Å². The van der Waals surface area contributed by atoms with E-state index in [9.17, 15) is 4.39 Å². The number of nitrogens with one attached hydrogen (secondary N) is 1. The molecule has 1 aliphatic heterocycles.